The fraction of sp³-hybridized carbons (Fsp3) is 0.778. The smallest absolute Gasteiger partial charge is 0.0104 e. The van der Waals surface area contributed by atoms with Crippen molar-refractivity contribution >= 4 is 11.3 Å². The Morgan fingerprint density at radius 2 is 2.10 bits per heavy atom. The maximum atomic E-state index is 3.90. The van der Waals surface area contributed by atoms with Gasteiger partial charge in [0.1, 0.15) is 0 Å². The third kappa shape index (κ3) is 2.25. The van der Waals surface area contributed by atoms with E-state index in [4.69, 9.17) is 0 Å². The van der Waals surface area contributed by atoms with E-state index in [1.54, 1.807) is 24.1 Å². The Kier molecular flexibility index (Phi) is 3.64. The van der Waals surface area contributed by atoms with Gasteiger partial charge in [0.2, 0.25) is 0 Å². The molecule has 0 aromatic carbocycles. The van der Waals surface area contributed by atoms with Crippen molar-refractivity contribution in [3.63, 3.8) is 0 Å². The van der Waals surface area contributed by atoms with E-state index >= 15 is 0 Å². The molecule has 5 unspecified atom stereocenters. The van der Waals surface area contributed by atoms with E-state index < -0.39 is 0 Å². The monoisotopic (exact) mass is 289 g/mol. The van der Waals surface area contributed by atoms with Crippen molar-refractivity contribution in [3.8, 4) is 0 Å². The highest BCUT2D eigenvalue weighted by Gasteiger charge is 2.66. The van der Waals surface area contributed by atoms with Gasteiger partial charge in [0.15, 0.2) is 0 Å². The summed E-state index contributed by atoms with van der Waals surface area (Å²) < 4.78 is 0. The third-order valence-corrected chi connectivity index (χ3v) is 7.13. The largest absolute Gasteiger partial charge is 0.314 e. The highest BCUT2D eigenvalue weighted by Crippen LogP contribution is 2.70. The fourth-order valence-electron chi connectivity index (χ4n) is 5.44. The van der Waals surface area contributed by atoms with Gasteiger partial charge in [-0.2, -0.15) is 0 Å². The van der Waals surface area contributed by atoms with Crippen LogP contribution in [0.5, 0.6) is 0 Å². The lowest BCUT2D eigenvalue weighted by atomic mass is 9.94. The minimum absolute atomic E-state index is 0.801. The molecule has 5 atom stereocenters. The molecule has 1 N–H and O–H groups in total. The van der Waals surface area contributed by atoms with Crippen LogP contribution in [0, 0.1) is 29.6 Å². The zero-order chi connectivity index (χ0) is 13.5. The van der Waals surface area contributed by atoms with Crippen LogP contribution in [0.1, 0.15) is 43.9 Å². The van der Waals surface area contributed by atoms with Crippen LogP contribution < -0.4 is 5.32 Å². The van der Waals surface area contributed by atoms with Gasteiger partial charge in [0.05, 0.1) is 0 Å². The first-order valence-electron chi connectivity index (χ1n) is 8.64. The van der Waals surface area contributed by atoms with Gasteiger partial charge in [0.25, 0.3) is 0 Å². The van der Waals surface area contributed by atoms with Crippen molar-refractivity contribution in [2.75, 3.05) is 6.54 Å². The average molecular weight is 289 g/mol. The predicted octanol–water partition coefficient (Wildman–Crippen LogP) is 4.34. The van der Waals surface area contributed by atoms with Gasteiger partial charge < -0.3 is 5.32 Å². The SMILES string of the molecule is CCCNC(CCc1cccs1)C1C2C3CCC(C3)C21. The molecule has 3 saturated carbocycles. The van der Waals surface area contributed by atoms with Crippen molar-refractivity contribution < 1.29 is 0 Å². The minimum Gasteiger partial charge on any atom is -0.314 e. The van der Waals surface area contributed by atoms with Crippen LogP contribution in [0.4, 0.5) is 0 Å². The first-order valence-corrected chi connectivity index (χ1v) is 9.52. The van der Waals surface area contributed by atoms with Crippen LogP contribution >= 0.6 is 11.3 Å². The molecule has 1 nitrogen and oxygen atoms in total. The standard InChI is InChI=1S/C18H27NS/c1-2-9-19-15(8-7-14-4-3-10-20-14)18-16-12-5-6-13(11-12)17(16)18/h3-4,10,12-13,15-19H,2,5-9,11H2,1H3. The molecule has 1 aromatic rings. The molecule has 3 fully saturated rings. The lowest BCUT2D eigenvalue weighted by Gasteiger charge is -2.21. The Bertz CT molecular complexity index is 424. The molecule has 0 amide bonds. The van der Waals surface area contributed by atoms with E-state index in [-0.39, 0.29) is 0 Å². The maximum absolute atomic E-state index is 3.90. The molecule has 1 heterocycles. The van der Waals surface area contributed by atoms with Crippen molar-refractivity contribution in [3.05, 3.63) is 22.4 Å². The van der Waals surface area contributed by atoms with Gasteiger partial charge in [-0.1, -0.05) is 13.0 Å². The highest BCUT2D eigenvalue weighted by molar-refractivity contribution is 7.09. The molecule has 2 bridgehead atoms. The van der Waals surface area contributed by atoms with Crippen LogP contribution in [-0.4, -0.2) is 12.6 Å². The Morgan fingerprint density at radius 3 is 2.75 bits per heavy atom. The number of nitrogens with one attached hydrogen (secondary N) is 1. The molecular formula is C18H27NS. The summed E-state index contributed by atoms with van der Waals surface area (Å²) in [6.07, 6.45) is 8.59. The van der Waals surface area contributed by atoms with E-state index in [9.17, 15) is 0 Å². The Balaban J connectivity index is 1.38. The summed E-state index contributed by atoms with van der Waals surface area (Å²) in [5.41, 5.74) is 0. The summed E-state index contributed by atoms with van der Waals surface area (Å²) in [7, 11) is 0. The molecular weight excluding hydrogens is 262 g/mol. The van der Waals surface area contributed by atoms with Crippen molar-refractivity contribution in [1.82, 2.24) is 5.32 Å². The first kappa shape index (κ1) is 13.3. The zero-order valence-electron chi connectivity index (χ0n) is 12.6. The fourth-order valence-corrected chi connectivity index (χ4v) is 6.17. The Hall–Kier alpha value is -0.340. The summed E-state index contributed by atoms with van der Waals surface area (Å²) in [4.78, 5) is 1.57. The van der Waals surface area contributed by atoms with Crippen LogP contribution in [-0.2, 0) is 6.42 Å². The Morgan fingerprint density at radius 1 is 1.30 bits per heavy atom. The van der Waals surface area contributed by atoms with Crippen molar-refractivity contribution in [1.29, 1.82) is 0 Å². The van der Waals surface area contributed by atoms with E-state index in [2.05, 4.69) is 29.8 Å². The molecule has 0 spiro atoms. The second-order valence-electron chi connectivity index (χ2n) is 7.24. The molecule has 0 radical (unpaired) electrons. The zero-order valence-corrected chi connectivity index (χ0v) is 13.4. The summed E-state index contributed by atoms with van der Waals surface area (Å²) >= 11 is 1.93. The lowest BCUT2D eigenvalue weighted by Crippen LogP contribution is -2.34. The van der Waals surface area contributed by atoms with Gasteiger partial charge in [-0.3, -0.25) is 0 Å². The molecule has 3 aliphatic carbocycles. The summed E-state index contributed by atoms with van der Waals surface area (Å²) in [6.45, 7) is 3.50. The molecule has 1 aromatic heterocycles. The average Bonchev–Trinajstić information content (AvgIpc) is 2.90. The maximum Gasteiger partial charge on any atom is 0.0104 e. The molecule has 0 saturated heterocycles. The predicted molar refractivity (Wildman–Crippen MR) is 86.0 cm³/mol. The number of hydrogen-bond donors (Lipinski definition) is 1. The third-order valence-electron chi connectivity index (χ3n) is 6.20. The van der Waals surface area contributed by atoms with Crippen molar-refractivity contribution in [2.45, 2.75) is 51.5 Å². The number of rotatable bonds is 7. The van der Waals surface area contributed by atoms with Crippen LogP contribution in [0.15, 0.2) is 17.5 Å². The normalized spacial score (nSPS) is 39.0. The van der Waals surface area contributed by atoms with Crippen LogP contribution in [0.2, 0.25) is 0 Å². The molecule has 110 valence electrons. The van der Waals surface area contributed by atoms with Gasteiger partial charge in [0, 0.05) is 10.9 Å². The molecule has 0 aliphatic heterocycles. The highest BCUT2D eigenvalue weighted by atomic mass is 32.1. The summed E-state index contributed by atoms with van der Waals surface area (Å²) in [6, 6.07) is 5.30. The van der Waals surface area contributed by atoms with Crippen LogP contribution in [0.25, 0.3) is 0 Å². The van der Waals surface area contributed by atoms with Gasteiger partial charge in [-0.05, 0) is 86.1 Å². The van der Waals surface area contributed by atoms with E-state index in [1.807, 2.05) is 11.3 Å². The topological polar surface area (TPSA) is 12.0 Å². The van der Waals surface area contributed by atoms with Crippen molar-refractivity contribution in [2.24, 2.45) is 29.6 Å². The minimum atomic E-state index is 0.801. The number of aryl methyl sites for hydroxylation is 1. The molecule has 2 heteroatoms. The second kappa shape index (κ2) is 5.46. The first-order chi connectivity index (χ1) is 9.88. The number of hydrogen-bond acceptors (Lipinski definition) is 2. The van der Waals surface area contributed by atoms with Crippen LogP contribution in [0.3, 0.4) is 0 Å². The molecule has 3 aliphatic rings. The van der Waals surface area contributed by atoms with Gasteiger partial charge in [-0.25, -0.2) is 0 Å². The molecule has 4 rings (SSSR count). The number of fused-ring (bicyclic) bond motifs is 5. The second-order valence-corrected chi connectivity index (χ2v) is 8.28. The van der Waals surface area contributed by atoms with E-state index in [1.165, 1.54) is 25.8 Å². The van der Waals surface area contributed by atoms with Gasteiger partial charge in [-0.15, -0.1) is 11.3 Å². The molecule has 20 heavy (non-hydrogen) atoms. The quantitative estimate of drug-likeness (QED) is 0.787. The summed E-state index contributed by atoms with van der Waals surface area (Å²) in [5, 5.41) is 6.11. The van der Waals surface area contributed by atoms with E-state index in [0.29, 0.717) is 0 Å². The van der Waals surface area contributed by atoms with Gasteiger partial charge >= 0.3 is 0 Å². The Labute approximate surface area is 127 Å². The summed E-state index contributed by atoms with van der Waals surface area (Å²) in [5.74, 6) is 5.50. The van der Waals surface area contributed by atoms with E-state index in [0.717, 1.165) is 35.6 Å². The lowest BCUT2D eigenvalue weighted by molar-refractivity contribution is 0.349. The number of thiophene rings is 1.